The summed E-state index contributed by atoms with van der Waals surface area (Å²) in [4.78, 5) is 25.6. The second kappa shape index (κ2) is 11.6. The fourth-order valence-electron chi connectivity index (χ4n) is 3.56. The average molecular weight is 567 g/mol. The summed E-state index contributed by atoms with van der Waals surface area (Å²) in [5, 5.41) is 25.5. The van der Waals surface area contributed by atoms with Crippen LogP contribution in [-0.4, -0.2) is 49.4 Å². The molecule has 0 saturated carbocycles. The van der Waals surface area contributed by atoms with Crippen LogP contribution >= 0.6 is 11.6 Å². The molecule has 1 amide bonds. The van der Waals surface area contributed by atoms with Crippen LogP contribution in [0, 0.1) is 0 Å². The summed E-state index contributed by atoms with van der Waals surface area (Å²) in [6, 6.07) is 8.54. The number of nitrogens with zero attached hydrogens (tertiary/aromatic N) is 3. The zero-order valence-corrected chi connectivity index (χ0v) is 20.1. The lowest BCUT2D eigenvalue weighted by Crippen LogP contribution is -2.39. The van der Waals surface area contributed by atoms with E-state index in [1.54, 1.807) is 0 Å². The Morgan fingerprint density at radius 2 is 1.74 bits per heavy atom. The first-order valence-electron chi connectivity index (χ1n) is 11.0. The molecule has 3 aromatic rings. The molecule has 2 unspecified atom stereocenters. The molecule has 0 aliphatic carbocycles. The number of aliphatic hydroxyl groups excluding tert-OH is 2. The van der Waals surface area contributed by atoms with E-state index in [0.717, 1.165) is 18.2 Å². The van der Waals surface area contributed by atoms with Crippen LogP contribution in [0.5, 0.6) is 0 Å². The topological polar surface area (TPSA) is 109 Å². The Kier molecular flexibility index (Phi) is 8.90. The van der Waals surface area contributed by atoms with E-state index in [1.807, 2.05) is 0 Å². The molecule has 206 valence electrons. The Bertz CT molecular complexity index is 1320. The van der Waals surface area contributed by atoms with E-state index in [0.29, 0.717) is 14.3 Å². The maximum Gasteiger partial charge on any atom is 0.416 e. The maximum atomic E-state index is 13.1. The summed E-state index contributed by atoms with van der Waals surface area (Å²) < 4.78 is 79.4. The zero-order valence-electron chi connectivity index (χ0n) is 19.3. The number of amides is 1. The molecule has 15 heteroatoms. The summed E-state index contributed by atoms with van der Waals surface area (Å²) in [6.07, 6.45) is -12.8. The van der Waals surface area contributed by atoms with Crippen LogP contribution in [0.3, 0.4) is 0 Å². The van der Waals surface area contributed by atoms with E-state index in [1.165, 1.54) is 30.3 Å². The first kappa shape index (κ1) is 29.2. The van der Waals surface area contributed by atoms with Crippen LogP contribution in [-0.2, 0) is 24.1 Å². The Balaban J connectivity index is 1.91. The number of benzene rings is 2. The smallest absolute Gasteiger partial charge is 0.396 e. The molecule has 0 bridgehead atoms. The van der Waals surface area contributed by atoms with E-state index in [4.69, 9.17) is 11.6 Å². The van der Waals surface area contributed by atoms with Gasteiger partial charge in [0.1, 0.15) is 6.54 Å². The fourth-order valence-corrected chi connectivity index (χ4v) is 3.68. The summed E-state index contributed by atoms with van der Waals surface area (Å²) in [7, 11) is 0. The molecule has 1 heterocycles. The molecular weight excluding hydrogens is 546 g/mol. The predicted octanol–water partition coefficient (Wildman–Crippen LogP) is 3.55. The highest BCUT2D eigenvalue weighted by Gasteiger charge is 2.39. The molecule has 0 spiro atoms. The normalized spacial score (nSPS) is 13.8. The largest absolute Gasteiger partial charge is 0.416 e. The van der Waals surface area contributed by atoms with Crippen molar-refractivity contribution in [2.75, 3.05) is 6.61 Å². The van der Waals surface area contributed by atoms with Crippen molar-refractivity contribution in [3.8, 4) is 11.4 Å². The first-order valence-corrected chi connectivity index (χ1v) is 11.3. The number of carbonyl (C=O) groups is 1. The first-order chi connectivity index (χ1) is 17.7. The monoisotopic (exact) mass is 566 g/mol. The van der Waals surface area contributed by atoms with E-state index in [-0.39, 0.29) is 23.4 Å². The fraction of sp³-hybridized carbons (Fsp3) is 0.348. The number of alkyl halides is 6. The lowest BCUT2D eigenvalue weighted by Gasteiger charge is -2.19. The van der Waals surface area contributed by atoms with E-state index in [2.05, 4.69) is 10.4 Å². The van der Waals surface area contributed by atoms with Gasteiger partial charge < -0.3 is 15.5 Å². The minimum atomic E-state index is -5.04. The Morgan fingerprint density at radius 1 is 1.08 bits per heavy atom. The molecule has 8 nitrogen and oxygen atoms in total. The highest BCUT2D eigenvalue weighted by molar-refractivity contribution is 6.30. The van der Waals surface area contributed by atoms with Gasteiger partial charge in [0.15, 0.2) is 11.9 Å². The van der Waals surface area contributed by atoms with Crippen molar-refractivity contribution in [2.45, 2.75) is 44.0 Å². The van der Waals surface area contributed by atoms with Crippen LogP contribution in [0.25, 0.3) is 11.4 Å². The van der Waals surface area contributed by atoms with Crippen molar-refractivity contribution in [3.63, 3.8) is 0 Å². The molecule has 0 saturated heterocycles. The molecule has 3 rings (SSSR count). The van der Waals surface area contributed by atoms with Gasteiger partial charge in [-0.1, -0.05) is 23.7 Å². The van der Waals surface area contributed by atoms with Gasteiger partial charge in [0, 0.05) is 17.2 Å². The molecule has 1 aromatic heterocycles. The van der Waals surface area contributed by atoms with Gasteiger partial charge in [0.2, 0.25) is 5.91 Å². The highest BCUT2D eigenvalue weighted by Crippen LogP contribution is 2.31. The molecule has 38 heavy (non-hydrogen) atoms. The number of halogens is 7. The number of carbonyl (C=O) groups excluding carboxylic acids is 1. The van der Waals surface area contributed by atoms with Gasteiger partial charge in [-0.15, -0.1) is 5.10 Å². The number of rotatable bonds is 9. The summed E-state index contributed by atoms with van der Waals surface area (Å²) in [5.41, 5.74) is -1.92. The van der Waals surface area contributed by atoms with Crippen LogP contribution < -0.4 is 11.0 Å². The van der Waals surface area contributed by atoms with Crippen molar-refractivity contribution in [1.29, 1.82) is 0 Å². The lowest BCUT2D eigenvalue weighted by atomic mass is 10.0. The van der Waals surface area contributed by atoms with Crippen LogP contribution in [0.15, 0.2) is 53.3 Å². The molecule has 0 fully saturated rings. The number of aromatic nitrogens is 3. The van der Waals surface area contributed by atoms with Gasteiger partial charge in [-0.2, -0.15) is 26.3 Å². The van der Waals surface area contributed by atoms with Crippen LogP contribution in [0.1, 0.15) is 23.6 Å². The van der Waals surface area contributed by atoms with Gasteiger partial charge >= 0.3 is 18.0 Å². The Hall–Kier alpha value is -3.36. The molecule has 0 radical (unpaired) electrons. The summed E-state index contributed by atoms with van der Waals surface area (Å²) >= 11 is 5.83. The van der Waals surface area contributed by atoms with Gasteiger partial charge in [-0.05, 0) is 48.4 Å². The van der Waals surface area contributed by atoms with Crippen molar-refractivity contribution < 1.29 is 41.4 Å². The molecule has 2 aromatic carbocycles. The van der Waals surface area contributed by atoms with Gasteiger partial charge in [-0.3, -0.25) is 9.36 Å². The molecule has 0 aliphatic rings. The third kappa shape index (κ3) is 7.14. The number of aliphatic hydroxyl groups is 2. The predicted molar refractivity (Wildman–Crippen MR) is 123 cm³/mol. The number of hydrogen-bond acceptors (Lipinski definition) is 5. The van der Waals surface area contributed by atoms with Gasteiger partial charge in [-0.25, -0.2) is 9.48 Å². The molecule has 2 atom stereocenters. The second-order valence-electron chi connectivity index (χ2n) is 8.19. The van der Waals surface area contributed by atoms with E-state index < -0.39 is 61.4 Å². The number of nitrogens with one attached hydrogen (secondary N) is 1. The van der Waals surface area contributed by atoms with E-state index in [9.17, 15) is 46.1 Å². The van der Waals surface area contributed by atoms with Gasteiger partial charge in [0.05, 0.1) is 18.2 Å². The van der Waals surface area contributed by atoms with Gasteiger partial charge in [0.25, 0.3) is 0 Å². The molecule has 0 aliphatic heterocycles. The Morgan fingerprint density at radius 3 is 2.32 bits per heavy atom. The zero-order chi connectivity index (χ0) is 28.3. The van der Waals surface area contributed by atoms with Crippen LogP contribution in [0.2, 0.25) is 5.02 Å². The van der Waals surface area contributed by atoms with Crippen LogP contribution in [0.4, 0.5) is 26.3 Å². The van der Waals surface area contributed by atoms with E-state index >= 15 is 0 Å². The quantitative estimate of drug-likeness (QED) is 0.343. The van der Waals surface area contributed by atoms with Crippen molar-refractivity contribution >= 4 is 17.5 Å². The maximum absolute atomic E-state index is 13.1. The molecular formula is C23H21ClF6N4O4. The summed E-state index contributed by atoms with van der Waals surface area (Å²) in [6.45, 7) is -2.51. The van der Waals surface area contributed by atoms with Crippen molar-refractivity contribution in [1.82, 2.24) is 19.7 Å². The minimum absolute atomic E-state index is 0.0373. The SMILES string of the molecule is O=C(Cn1nc(-c2ccc(Cl)cc2)n(CC(O)C(F)(F)F)c1=O)NC(CCO)c1cccc(C(F)(F)F)c1. The summed E-state index contributed by atoms with van der Waals surface area (Å²) in [5.74, 6) is -1.20. The second-order valence-corrected chi connectivity index (χ2v) is 8.63. The Labute approximate surface area is 216 Å². The molecule has 3 N–H and O–H groups in total. The highest BCUT2D eigenvalue weighted by atomic mass is 35.5. The standard InChI is InChI=1S/C23H21ClF6N4O4/c24-16-6-4-13(5-7-16)20-32-34(21(38)33(20)11-18(36)23(28,29)30)12-19(37)31-17(8-9-35)14-2-1-3-15(10-14)22(25,26)27/h1-7,10,17-18,35-36H,8-9,11-12H2,(H,31,37). The van der Waals surface area contributed by atoms with Crippen molar-refractivity contribution in [3.05, 3.63) is 75.2 Å². The lowest BCUT2D eigenvalue weighted by molar-refractivity contribution is -0.207. The minimum Gasteiger partial charge on any atom is -0.396 e. The third-order valence-electron chi connectivity index (χ3n) is 5.42. The average Bonchev–Trinajstić information content (AvgIpc) is 3.13. The number of hydrogen-bond donors (Lipinski definition) is 3. The third-order valence-corrected chi connectivity index (χ3v) is 5.67. The van der Waals surface area contributed by atoms with Crippen molar-refractivity contribution in [2.24, 2.45) is 0 Å².